The van der Waals surface area contributed by atoms with Gasteiger partial charge in [0.1, 0.15) is 0 Å². The number of likely N-dealkylation sites (tertiary alicyclic amines) is 1. The van der Waals surface area contributed by atoms with Crippen molar-refractivity contribution in [3.63, 3.8) is 0 Å². The highest BCUT2D eigenvalue weighted by atomic mass is 16.5. The fourth-order valence-electron chi connectivity index (χ4n) is 4.94. The summed E-state index contributed by atoms with van der Waals surface area (Å²) in [7, 11) is 3.31. The third-order valence-corrected chi connectivity index (χ3v) is 6.63. The largest absolute Gasteiger partial charge is 0.493 e. The fraction of sp³-hybridized carbons (Fsp3) is 0.500. The van der Waals surface area contributed by atoms with Crippen LogP contribution in [0.1, 0.15) is 48.4 Å². The molecule has 6 nitrogen and oxygen atoms in total. The molecule has 172 valence electrons. The van der Waals surface area contributed by atoms with Crippen molar-refractivity contribution in [3.05, 3.63) is 59.2 Å². The molecule has 0 aromatic heterocycles. The number of ether oxygens (including phenoxy) is 2. The molecule has 1 atom stereocenters. The number of carbonyl (C=O) groups is 1. The summed E-state index contributed by atoms with van der Waals surface area (Å²) in [6.45, 7) is 4.81. The van der Waals surface area contributed by atoms with Crippen LogP contribution in [0, 0.1) is 0 Å². The van der Waals surface area contributed by atoms with Crippen LogP contribution in [-0.2, 0) is 6.42 Å². The third kappa shape index (κ3) is 5.01. The fourth-order valence-corrected chi connectivity index (χ4v) is 4.94. The topological polar surface area (TPSA) is 54.0 Å². The van der Waals surface area contributed by atoms with Crippen LogP contribution < -0.4 is 14.8 Å². The van der Waals surface area contributed by atoms with Crippen molar-refractivity contribution in [1.29, 1.82) is 0 Å². The zero-order valence-electron chi connectivity index (χ0n) is 19.3. The highest BCUT2D eigenvalue weighted by Gasteiger charge is 2.33. The first kappa shape index (κ1) is 22.5. The van der Waals surface area contributed by atoms with Gasteiger partial charge in [-0.25, -0.2) is 4.79 Å². The molecule has 1 N–H and O–H groups in total. The van der Waals surface area contributed by atoms with E-state index in [9.17, 15) is 4.79 Å². The maximum absolute atomic E-state index is 13.3. The van der Waals surface area contributed by atoms with Crippen molar-refractivity contribution < 1.29 is 14.3 Å². The number of nitrogens with zero attached hydrogens (tertiary/aromatic N) is 2. The molecule has 2 aliphatic rings. The van der Waals surface area contributed by atoms with E-state index in [1.807, 2.05) is 29.2 Å². The van der Waals surface area contributed by atoms with Crippen molar-refractivity contribution >= 4 is 6.03 Å². The van der Waals surface area contributed by atoms with Crippen LogP contribution in [0.4, 0.5) is 4.79 Å². The number of nitrogens with one attached hydrogen (secondary N) is 1. The first-order chi connectivity index (χ1) is 15.7. The zero-order chi connectivity index (χ0) is 22.3. The minimum atomic E-state index is -0.151. The molecular formula is C26H35N3O3. The molecule has 0 bridgehead atoms. The van der Waals surface area contributed by atoms with Crippen LogP contribution in [0.5, 0.6) is 11.5 Å². The number of fused-ring (bicyclic) bond motifs is 1. The van der Waals surface area contributed by atoms with Crippen LogP contribution in [0.2, 0.25) is 0 Å². The summed E-state index contributed by atoms with van der Waals surface area (Å²) in [5.41, 5.74) is 3.40. The summed E-state index contributed by atoms with van der Waals surface area (Å²) in [6, 6.07) is 14.2. The maximum atomic E-state index is 13.3. The first-order valence-electron chi connectivity index (χ1n) is 11.8. The lowest BCUT2D eigenvalue weighted by Crippen LogP contribution is -2.46. The van der Waals surface area contributed by atoms with E-state index in [4.69, 9.17) is 9.47 Å². The summed E-state index contributed by atoms with van der Waals surface area (Å²) < 4.78 is 11.1. The lowest BCUT2D eigenvalue weighted by atomic mass is 9.88. The van der Waals surface area contributed by atoms with Crippen molar-refractivity contribution in [2.75, 3.05) is 46.9 Å². The quantitative estimate of drug-likeness (QED) is 0.659. The van der Waals surface area contributed by atoms with Crippen molar-refractivity contribution in [1.82, 2.24) is 15.1 Å². The Balaban J connectivity index is 1.50. The Morgan fingerprint density at radius 2 is 1.72 bits per heavy atom. The number of piperidine rings is 1. The molecule has 2 aromatic rings. The number of hydrogen-bond donors (Lipinski definition) is 1. The molecule has 6 heteroatoms. The average Bonchev–Trinajstić information content (AvgIpc) is 2.86. The van der Waals surface area contributed by atoms with E-state index in [1.165, 1.54) is 37.9 Å². The van der Waals surface area contributed by atoms with Crippen molar-refractivity contribution in [3.8, 4) is 11.5 Å². The second-order valence-corrected chi connectivity index (χ2v) is 8.65. The molecule has 0 aliphatic carbocycles. The first-order valence-corrected chi connectivity index (χ1v) is 11.8. The molecule has 1 fully saturated rings. The van der Waals surface area contributed by atoms with E-state index in [1.54, 1.807) is 14.2 Å². The van der Waals surface area contributed by atoms with Crippen LogP contribution in [-0.4, -0.2) is 62.8 Å². The van der Waals surface area contributed by atoms with Gasteiger partial charge in [-0.1, -0.05) is 36.8 Å². The molecule has 32 heavy (non-hydrogen) atoms. The molecule has 0 radical (unpaired) electrons. The summed E-state index contributed by atoms with van der Waals surface area (Å²) in [5.74, 6) is 1.42. The van der Waals surface area contributed by atoms with Crippen molar-refractivity contribution in [2.24, 2.45) is 0 Å². The van der Waals surface area contributed by atoms with Gasteiger partial charge in [-0.3, -0.25) is 0 Å². The zero-order valence-corrected chi connectivity index (χ0v) is 19.3. The minimum Gasteiger partial charge on any atom is -0.493 e. The molecular weight excluding hydrogens is 402 g/mol. The minimum absolute atomic E-state index is 0.00191. The van der Waals surface area contributed by atoms with Gasteiger partial charge in [-0.2, -0.15) is 0 Å². The lowest BCUT2D eigenvalue weighted by Gasteiger charge is -2.38. The van der Waals surface area contributed by atoms with Crippen LogP contribution >= 0.6 is 0 Å². The van der Waals surface area contributed by atoms with Gasteiger partial charge in [0, 0.05) is 13.1 Å². The van der Waals surface area contributed by atoms with Gasteiger partial charge in [0.25, 0.3) is 0 Å². The van der Waals surface area contributed by atoms with Gasteiger partial charge in [0.15, 0.2) is 11.5 Å². The number of urea groups is 1. The number of methoxy groups -OCH3 is 2. The normalized spacial score (nSPS) is 18.7. The Morgan fingerprint density at radius 3 is 2.44 bits per heavy atom. The molecule has 0 spiro atoms. The van der Waals surface area contributed by atoms with E-state index in [0.29, 0.717) is 18.8 Å². The van der Waals surface area contributed by atoms with Gasteiger partial charge in [0.2, 0.25) is 0 Å². The molecule has 2 aromatic carbocycles. The Morgan fingerprint density at radius 1 is 1.00 bits per heavy atom. The molecule has 1 saturated heterocycles. The predicted molar refractivity (Wildman–Crippen MR) is 127 cm³/mol. The Bertz CT molecular complexity index is 897. The molecule has 2 heterocycles. The third-order valence-electron chi connectivity index (χ3n) is 6.63. The number of benzene rings is 2. The summed E-state index contributed by atoms with van der Waals surface area (Å²) in [4.78, 5) is 17.7. The summed E-state index contributed by atoms with van der Waals surface area (Å²) in [6.07, 6.45) is 5.72. The van der Waals surface area contributed by atoms with E-state index >= 15 is 0 Å². The average molecular weight is 438 g/mol. The van der Waals surface area contributed by atoms with E-state index in [-0.39, 0.29) is 12.1 Å². The van der Waals surface area contributed by atoms with Crippen molar-refractivity contribution in [2.45, 2.75) is 38.1 Å². The SMILES string of the molecule is COc1cc2c(cc1OC)C(c1ccccc1)N(C(=O)NCCCN1CCCCC1)CC2. The monoisotopic (exact) mass is 437 g/mol. The summed E-state index contributed by atoms with van der Waals surface area (Å²) >= 11 is 0. The molecule has 2 amide bonds. The van der Waals surface area contributed by atoms with Gasteiger partial charge in [0.05, 0.1) is 20.3 Å². The van der Waals surface area contributed by atoms with Crippen LogP contribution in [0.25, 0.3) is 0 Å². The van der Waals surface area contributed by atoms with E-state index < -0.39 is 0 Å². The van der Waals surface area contributed by atoms with Gasteiger partial charge in [-0.05, 0) is 74.1 Å². The molecule has 2 aliphatic heterocycles. The highest BCUT2D eigenvalue weighted by Crippen LogP contribution is 2.40. The van der Waals surface area contributed by atoms with E-state index in [0.717, 1.165) is 36.3 Å². The Labute approximate surface area is 191 Å². The number of carbonyl (C=O) groups excluding carboxylic acids is 1. The lowest BCUT2D eigenvalue weighted by molar-refractivity contribution is 0.178. The van der Waals surface area contributed by atoms with E-state index in [2.05, 4.69) is 28.4 Å². The van der Waals surface area contributed by atoms with Gasteiger partial charge >= 0.3 is 6.03 Å². The smallest absolute Gasteiger partial charge is 0.318 e. The highest BCUT2D eigenvalue weighted by molar-refractivity contribution is 5.76. The molecule has 0 saturated carbocycles. The van der Waals surface area contributed by atoms with Gasteiger partial charge < -0.3 is 24.6 Å². The second kappa shape index (κ2) is 10.7. The Kier molecular flexibility index (Phi) is 7.53. The van der Waals surface area contributed by atoms with Crippen LogP contribution in [0.3, 0.4) is 0 Å². The standard InChI is InChI=1S/C26H35N3O3/c1-31-23-18-21-12-17-29(26(30)27-13-9-16-28-14-7-4-8-15-28)25(20-10-5-3-6-11-20)22(21)19-24(23)32-2/h3,5-6,10-11,18-19,25H,4,7-9,12-17H2,1-2H3,(H,27,30). The number of rotatable bonds is 7. The summed E-state index contributed by atoms with van der Waals surface area (Å²) in [5, 5.41) is 3.18. The number of hydrogen-bond acceptors (Lipinski definition) is 4. The van der Waals surface area contributed by atoms with Crippen LogP contribution in [0.15, 0.2) is 42.5 Å². The molecule has 4 rings (SSSR count). The predicted octanol–water partition coefficient (Wildman–Crippen LogP) is 4.24. The number of amides is 2. The second-order valence-electron chi connectivity index (χ2n) is 8.65. The molecule has 1 unspecified atom stereocenters. The Hall–Kier alpha value is -2.73. The van der Waals surface area contributed by atoms with Gasteiger partial charge in [-0.15, -0.1) is 0 Å². The maximum Gasteiger partial charge on any atom is 0.318 e.